The molecule has 1 aromatic heterocycles. The van der Waals surface area contributed by atoms with Crippen molar-refractivity contribution in [3.63, 3.8) is 0 Å². The van der Waals surface area contributed by atoms with Crippen molar-refractivity contribution in [3.8, 4) is 0 Å². The fourth-order valence-corrected chi connectivity index (χ4v) is 4.34. The molecule has 0 radical (unpaired) electrons. The Hall–Kier alpha value is -2.54. The lowest BCUT2D eigenvalue weighted by Gasteiger charge is -2.31. The number of rotatable bonds is 4. The molecule has 1 amide bonds. The molecule has 4 rings (SSSR count). The molecule has 2 aliphatic heterocycles. The van der Waals surface area contributed by atoms with Crippen LogP contribution in [0.3, 0.4) is 0 Å². The molecule has 6 nitrogen and oxygen atoms in total. The molecule has 0 saturated carbocycles. The lowest BCUT2D eigenvalue weighted by Crippen LogP contribution is -2.40. The van der Waals surface area contributed by atoms with Crippen molar-refractivity contribution in [3.05, 3.63) is 63.1 Å². The average molecular weight is 398 g/mol. The molecule has 2 aliphatic rings. The molecule has 1 saturated heterocycles. The number of nitrogens with one attached hydrogen (secondary N) is 1. The van der Waals surface area contributed by atoms with E-state index in [0.717, 1.165) is 37.1 Å². The highest BCUT2D eigenvalue weighted by Gasteiger charge is 2.33. The lowest BCUT2D eigenvalue weighted by molar-refractivity contribution is -0.131. The second kappa shape index (κ2) is 8.06. The number of hydrogen-bond acceptors (Lipinski definition) is 4. The van der Waals surface area contributed by atoms with E-state index in [9.17, 15) is 14.0 Å². The molecule has 154 valence electrons. The second-order valence-electron chi connectivity index (χ2n) is 8.24. The van der Waals surface area contributed by atoms with Crippen LogP contribution in [0.2, 0.25) is 0 Å². The first kappa shape index (κ1) is 19.8. The van der Waals surface area contributed by atoms with Crippen molar-refractivity contribution in [1.29, 1.82) is 0 Å². The Labute approximate surface area is 169 Å². The average Bonchev–Trinajstić information content (AvgIpc) is 3.17. The number of nitrogens with zero attached hydrogens (tertiary/aromatic N) is 3. The van der Waals surface area contributed by atoms with Gasteiger partial charge in [-0.25, -0.2) is 9.37 Å². The summed E-state index contributed by atoms with van der Waals surface area (Å²) in [6.07, 6.45) is 2.53. The maximum absolute atomic E-state index is 13.4. The molecule has 1 aromatic carbocycles. The van der Waals surface area contributed by atoms with E-state index in [2.05, 4.69) is 23.7 Å². The van der Waals surface area contributed by atoms with Gasteiger partial charge in [0, 0.05) is 32.1 Å². The molecule has 0 aliphatic carbocycles. The van der Waals surface area contributed by atoms with Gasteiger partial charge < -0.3 is 9.88 Å². The fourth-order valence-electron chi connectivity index (χ4n) is 4.34. The van der Waals surface area contributed by atoms with E-state index in [1.807, 2.05) is 0 Å². The first-order valence-corrected chi connectivity index (χ1v) is 10.3. The molecule has 1 N–H and O–H groups in total. The summed E-state index contributed by atoms with van der Waals surface area (Å²) in [4.78, 5) is 37.4. The van der Waals surface area contributed by atoms with Crippen molar-refractivity contribution in [2.24, 2.45) is 0 Å². The van der Waals surface area contributed by atoms with Crippen molar-refractivity contribution in [1.82, 2.24) is 19.8 Å². The second-order valence-corrected chi connectivity index (χ2v) is 8.24. The standard InChI is InChI=1S/C22H27FN4O2/c1-14(2)26-10-8-18-17(13-26)22(29)25-21(24-18)19-7-4-9-27(19)20(28)12-15-5-3-6-16(23)11-15/h3,5-6,11,14,19H,4,7-10,12-13H2,1-2H3,(H,24,25,29). The van der Waals surface area contributed by atoms with Crippen LogP contribution >= 0.6 is 0 Å². The van der Waals surface area contributed by atoms with Gasteiger partial charge in [0.2, 0.25) is 5.91 Å². The quantitative estimate of drug-likeness (QED) is 0.860. The van der Waals surface area contributed by atoms with E-state index < -0.39 is 0 Å². The molecular weight excluding hydrogens is 371 g/mol. The molecule has 3 heterocycles. The number of hydrogen-bond donors (Lipinski definition) is 1. The van der Waals surface area contributed by atoms with E-state index in [1.54, 1.807) is 17.0 Å². The zero-order valence-electron chi connectivity index (χ0n) is 16.9. The Kier molecular flexibility index (Phi) is 5.50. The minimum absolute atomic E-state index is 0.0653. The van der Waals surface area contributed by atoms with Gasteiger partial charge >= 0.3 is 0 Å². The molecule has 29 heavy (non-hydrogen) atoms. The number of benzene rings is 1. The highest BCUT2D eigenvalue weighted by Crippen LogP contribution is 2.31. The Bertz CT molecular complexity index is 972. The van der Waals surface area contributed by atoms with Gasteiger partial charge in [0.15, 0.2) is 0 Å². The molecule has 1 unspecified atom stereocenters. The Morgan fingerprint density at radius 2 is 2.17 bits per heavy atom. The van der Waals surface area contributed by atoms with Crippen molar-refractivity contribution in [2.45, 2.75) is 58.2 Å². The summed E-state index contributed by atoms with van der Waals surface area (Å²) in [6.45, 7) is 6.37. The van der Waals surface area contributed by atoms with E-state index >= 15 is 0 Å². The zero-order chi connectivity index (χ0) is 20.5. The molecule has 0 bridgehead atoms. The van der Waals surface area contributed by atoms with Crippen LogP contribution in [0.1, 0.15) is 55.4 Å². The number of carbonyl (C=O) groups excluding carboxylic acids is 1. The summed E-state index contributed by atoms with van der Waals surface area (Å²) >= 11 is 0. The van der Waals surface area contributed by atoms with Gasteiger partial charge in [-0.2, -0.15) is 0 Å². The maximum atomic E-state index is 13.4. The first-order valence-electron chi connectivity index (χ1n) is 10.3. The van der Waals surface area contributed by atoms with E-state index in [4.69, 9.17) is 4.98 Å². The normalized spacial score (nSPS) is 19.6. The molecule has 1 atom stereocenters. The summed E-state index contributed by atoms with van der Waals surface area (Å²) in [5.74, 6) is 0.172. The van der Waals surface area contributed by atoms with Crippen molar-refractivity contribution in [2.75, 3.05) is 13.1 Å². The largest absolute Gasteiger partial charge is 0.332 e. The van der Waals surface area contributed by atoms with Crippen molar-refractivity contribution < 1.29 is 9.18 Å². The summed E-state index contributed by atoms with van der Waals surface area (Å²) in [7, 11) is 0. The van der Waals surface area contributed by atoms with E-state index in [-0.39, 0.29) is 29.7 Å². The Morgan fingerprint density at radius 1 is 1.34 bits per heavy atom. The Morgan fingerprint density at radius 3 is 2.93 bits per heavy atom. The monoisotopic (exact) mass is 398 g/mol. The molecule has 1 fully saturated rings. The van der Waals surface area contributed by atoms with Crippen molar-refractivity contribution >= 4 is 5.91 Å². The minimum Gasteiger partial charge on any atom is -0.332 e. The van der Waals surface area contributed by atoms with Crippen LogP contribution in [0, 0.1) is 5.82 Å². The molecule has 7 heteroatoms. The van der Waals surface area contributed by atoms with Gasteiger partial charge in [0.05, 0.1) is 23.7 Å². The van der Waals surface area contributed by atoms with Crippen LogP contribution < -0.4 is 5.56 Å². The third-order valence-corrected chi connectivity index (χ3v) is 5.98. The smallest absolute Gasteiger partial charge is 0.255 e. The summed E-state index contributed by atoms with van der Waals surface area (Å²) in [5.41, 5.74) is 2.15. The lowest BCUT2D eigenvalue weighted by atomic mass is 10.0. The SMILES string of the molecule is CC(C)N1CCc2nc(C3CCCN3C(=O)Cc3cccc(F)c3)[nH]c(=O)c2C1. The molecule has 2 aromatic rings. The van der Waals surface area contributed by atoms with E-state index in [1.165, 1.54) is 12.1 Å². The van der Waals surface area contributed by atoms with Crippen LogP contribution in [-0.4, -0.2) is 44.8 Å². The van der Waals surface area contributed by atoms with E-state index in [0.29, 0.717) is 30.5 Å². The number of carbonyl (C=O) groups is 1. The van der Waals surface area contributed by atoms with Gasteiger partial charge in [-0.05, 0) is 44.4 Å². The number of aromatic nitrogens is 2. The maximum Gasteiger partial charge on any atom is 0.255 e. The third kappa shape index (κ3) is 4.10. The third-order valence-electron chi connectivity index (χ3n) is 5.98. The van der Waals surface area contributed by atoms with Crippen LogP contribution in [0.4, 0.5) is 4.39 Å². The van der Waals surface area contributed by atoms with Crippen LogP contribution in [-0.2, 0) is 24.2 Å². The van der Waals surface area contributed by atoms with Crippen LogP contribution in [0.5, 0.6) is 0 Å². The van der Waals surface area contributed by atoms with Crippen LogP contribution in [0.15, 0.2) is 29.1 Å². The summed E-state index contributed by atoms with van der Waals surface area (Å²) in [6, 6.07) is 6.29. The molecular formula is C22H27FN4O2. The number of fused-ring (bicyclic) bond motifs is 1. The van der Waals surface area contributed by atoms with Gasteiger partial charge in [0.25, 0.3) is 5.56 Å². The Balaban J connectivity index is 1.55. The number of aromatic amines is 1. The van der Waals surface area contributed by atoms with Gasteiger partial charge in [-0.3, -0.25) is 14.5 Å². The highest BCUT2D eigenvalue weighted by molar-refractivity contribution is 5.79. The fraction of sp³-hybridized carbons (Fsp3) is 0.500. The summed E-state index contributed by atoms with van der Waals surface area (Å²) in [5, 5.41) is 0. The predicted octanol–water partition coefficient (Wildman–Crippen LogP) is 2.58. The van der Waals surface area contributed by atoms with Crippen LogP contribution in [0.25, 0.3) is 0 Å². The zero-order valence-corrected chi connectivity index (χ0v) is 16.9. The van der Waals surface area contributed by atoms with Gasteiger partial charge in [-0.1, -0.05) is 12.1 Å². The minimum atomic E-state index is -0.343. The topological polar surface area (TPSA) is 69.3 Å². The number of H-pyrrole nitrogens is 1. The molecule has 0 spiro atoms. The van der Waals surface area contributed by atoms with Gasteiger partial charge in [0.1, 0.15) is 11.6 Å². The van der Waals surface area contributed by atoms with Gasteiger partial charge in [-0.15, -0.1) is 0 Å². The number of likely N-dealkylation sites (tertiary alicyclic amines) is 1. The number of amides is 1. The highest BCUT2D eigenvalue weighted by atomic mass is 19.1. The summed E-state index contributed by atoms with van der Waals surface area (Å²) < 4.78 is 13.4. The first-order chi connectivity index (χ1) is 13.9. The predicted molar refractivity (Wildman–Crippen MR) is 108 cm³/mol. The number of halogens is 1.